The number of carbonyl (C=O) groups is 2. The zero-order chi connectivity index (χ0) is 20.3. The molecule has 1 N–H and O–H groups in total. The lowest BCUT2D eigenvalue weighted by atomic mass is 10.2. The number of benzene rings is 2. The summed E-state index contributed by atoms with van der Waals surface area (Å²) >= 11 is 0. The first-order valence-corrected chi connectivity index (χ1v) is 8.40. The summed E-state index contributed by atoms with van der Waals surface area (Å²) in [6.07, 6.45) is 0. The van der Waals surface area contributed by atoms with Crippen LogP contribution in [0.3, 0.4) is 0 Å². The molecule has 28 heavy (non-hydrogen) atoms. The Morgan fingerprint density at radius 2 is 1.68 bits per heavy atom. The minimum absolute atomic E-state index is 0.0892. The van der Waals surface area contributed by atoms with E-state index in [2.05, 4.69) is 5.32 Å². The Labute approximate surface area is 158 Å². The molecule has 1 aliphatic rings. The maximum absolute atomic E-state index is 13.6. The third-order valence-electron chi connectivity index (χ3n) is 4.32. The number of urea groups is 1. The van der Waals surface area contributed by atoms with E-state index in [1.54, 1.807) is 0 Å². The van der Waals surface area contributed by atoms with Crippen molar-refractivity contribution in [2.75, 3.05) is 31.5 Å². The number of piperazine rings is 1. The van der Waals surface area contributed by atoms with Crippen molar-refractivity contribution >= 4 is 23.3 Å². The van der Waals surface area contributed by atoms with Crippen LogP contribution in [0.5, 0.6) is 0 Å². The highest BCUT2D eigenvalue weighted by Gasteiger charge is 2.25. The Balaban J connectivity index is 1.57. The first-order chi connectivity index (χ1) is 13.3. The average Bonchev–Trinajstić information content (AvgIpc) is 2.67. The normalized spacial score (nSPS) is 13.9. The van der Waals surface area contributed by atoms with Crippen LogP contribution in [-0.4, -0.2) is 52.8 Å². The summed E-state index contributed by atoms with van der Waals surface area (Å²) in [5.41, 5.74) is -0.354. The van der Waals surface area contributed by atoms with Gasteiger partial charge in [-0.25, -0.2) is 9.18 Å². The van der Waals surface area contributed by atoms with Gasteiger partial charge in [0.1, 0.15) is 5.82 Å². The van der Waals surface area contributed by atoms with Crippen LogP contribution in [0, 0.1) is 21.7 Å². The van der Waals surface area contributed by atoms with Gasteiger partial charge in [0.25, 0.3) is 5.91 Å². The molecule has 0 saturated carbocycles. The summed E-state index contributed by atoms with van der Waals surface area (Å²) in [7, 11) is 0. The van der Waals surface area contributed by atoms with Crippen molar-refractivity contribution in [2.45, 2.75) is 0 Å². The summed E-state index contributed by atoms with van der Waals surface area (Å²) < 4.78 is 26.9. The quantitative estimate of drug-likeness (QED) is 0.644. The molecular weight excluding hydrogens is 374 g/mol. The van der Waals surface area contributed by atoms with Gasteiger partial charge >= 0.3 is 11.7 Å². The number of hydrogen-bond donors (Lipinski definition) is 1. The number of carbonyl (C=O) groups excluding carboxylic acids is 2. The highest BCUT2D eigenvalue weighted by molar-refractivity contribution is 5.94. The molecule has 0 atom stereocenters. The molecule has 1 saturated heterocycles. The van der Waals surface area contributed by atoms with Crippen molar-refractivity contribution in [3.05, 3.63) is 69.8 Å². The Hall–Kier alpha value is -3.56. The lowest BCUT2D eigenvalue weighted by molar-refractivity contribution is -0.387. The molecule has 1 heterocycles. The van der Waals surface area contributed by atoms with Crippen LogP contribution in [0.1, 0.15) is 10.4 Å². The predicted octanol–water partition coefficient (Wildman–Crippen LogP) is 2.86. The number of nitrogens with zero attached hydrogens (tertiary/aromatic N) is 3. The summed E-state index contributed by atoms with van der Waals surface area (Å²) in [4.78, 5) is 37.4. The van der Waals surface area contributed by atoms with Crippen molar-refractivity contribution in [3.8, 4) is 0 Å². The van der Waals surface area contributed by atoms with E-state index in [4.69, 9.17) is 0 Å². The van der Waals surface area contributed by atoms with E-state index in [1.807, 2.05) is 0 Å². The molecule has 0 aliphatic carbocycles. The van der Waals surface area contributed by atoms with E-state index < -0.39 is 28.3 Å². The molecule has 8 nitrogen and oxygen atoms in total. The van der Waals surface area contributed by atoms with Crippen LogP contribution in [0.15, 0.2) is 42.5 Å². The molecule has 0 unspecified atom stereocenters. The van der Waals surface area contributed by atoms with E-state index in [0.717, 1.165) is 18.2 Å². The minimum Gasteiger partial charge on any atom is -0.335 e. The van der Waals surface area contributed by atoms with Crippen molar-refractivity contribution < 1.29 is 23.3 Å². The number of anilines is 1. The minimum atomic E-state index is -1.05. The SMILES string of the molecule is O=C(Nc1ccc([N+](=O)[O-])c(F)c1)N1CCN(C(=O)c2cccc(F)c2)CC1. The largest absolute Gasteiger partial charge is 0.335 e. The van der Waals surface area contributed by atoms with Gasteiger partial charge in [-0.05, 0) is 24.3 Å². The smallest absolute Gasteiger partial charge is 0.321 e. The second-order valence-electron chi connectivity index (χ2n) is 6.14. The second-order valence-corrected chi connectivity index (χ2v) is 6.14. The van der Waals surface area contributed by atoms with E-state index in [1.165, 1.54) is 34.1 Å². The zero-order valence-corrected chi connectivity index (χ0v) is 14.6. The molecular formula is C18H16F2N4O4. The van der Waals surface area contributed by atoms with Crippen molar-refractivity contribution in [1.82, 2.24) is 9.80 Å². The molecule has 10 heteroatoms. The van der Waals surface area contributed by atoms with Gasteiger partial charge < -0.3 is 15.1 Å². The molecule has 1 aliphatic heterocycles. The van der Waals surface area contributed by atoms with Gasteiger partial charge in [0.2, 0.25) is 5.82 Å². The summed E-state index contributed by atoms with van der Waals surface area (Å²) in [5, 5.41) is 13.1. The maximum Gasteiger partial charge on any atom is 0.321 e. The van der Waals surface area contributed by atoms with E-state index in [-0.39, 0.29) is 43.3 Å². The molecule has 3 amide bonds. The Bertz CT molecular complexity index is 930. The number of halogens is 2. The Morgan fingerprint density at radius 3 is 2.29 bits per heavy atom. The fourth-order valence-corrected chi connectivity index (χ4v) is 2.85. The van der Waals surface area contributed by atoms with Crippen LogP contribution in [-0.2, 0) is 0 Å². The maximum atomic E-state index is 13.6. The predicted molar refractivity (Wildman–Crippen MR) is 95.9 cm³/mol. The van der Waals surface area contributed by atoms with Gasteiger partial charge in [-0.15, -0.1) is 0 Å². The van der Waals surface area contributed by atoms with E-state index >= 15 is 0 Å². The zero-order valence-electron chi connectivity index (χ0n) is 14.6. The van der Waals surface area contributed by atoms with Gasteiger partial charge in [-0.3, -0.25) is 14.9 Å². The number of nitro groups is 1. The van der Waals surface area contributed by atoms with Gasteiger partial charge in [0, 0.05) is 49.6 Å². The van der Waals surface area contributed by atoms with Gasteiger partial charge in [0.05, 0.1) is 4.92 Å². The van der Waals surface area contributed by atoms with E-state index in [0.29, 0.717) is 0 Å². The molecule has 0 spiro atoms. The molecule has 0 radical (unpaired) electrons. The topological polar surface area (TPSA) is 95.8 Å². The van der Waals surface area contributed by atoms with E-state index in [9.17, 15) is 28.5 Å². The molecule has 0 aromatic heterocycles. The van der Waals surface area contributed by atoms with Crippen LogP contribution in [0.2, 0.25) is 0 Å². The molecule has 3 rings (SSSR count). The van der Waals surface area contributed by atoms with Crippen LogP contribution in [0.25, 0.3) is 0 Å². The number of amides is 3. The number of hydrogen-bond acceptors (Lipinski definition) is 4. The third-order valence-corrected chi connectivity index (χ3v) is 4.32. The fraction of sp³-hybridized carbons (Fsp3) is 0.222. The number of nitrogens with one attached hydrogen (secondary N) is 1. The molecule has 0 bridgehead atoms. The van der Waals surface area contributed by atoms with Gasteiger partial charge in [-0.1, -0.05) is 6.07 Å². The number of nitro benzene ring substituents is 1. The highest BCUT2D eigenvalue weighted by atomic mass is 19.1. The Kier molecular flexibility index (Phi) is 5.48. The standard InChI is InChI=1S/C18H16F2N4O4/c19-13-3-1-2-12(10-13)17(25)22-6-8-23(9-7-22)18(26)21-14-4-5-16(24(27)28)15(20)11-14/h1-5,10-11H,6-9H2,(H,21,26). The summed E-state index contributed by atoms with van der Waals surface area (Å²) in [6, 6.07) is 7.96. The van der Waals surface area contributed by atoms with Crippen molar-refractivity contribution in [1.29, 1.82) is 0 Å². The van der Waals surface area contributed by atoms with Crippen molar-refractivity contribution in [2.24, 2.45) is 0 Å². The van der Waals surface area contributed by atoms with Crippen LogP contribution >= 0.6 is 0 Å². The molecule has 146 valence electrons. The van der Waals surface area contributed by atoms with Crippen LogP contribution in [0.4, 0.5) is 25.0 Å². The Morgan fingerprint density at radius 1 is 1.00 bits per heavy atom. The molecule has 2 aromatic rings. The monoisotopic (exact) mass is 390 g/mol. The van der Waals surface area contributed by atoms with Crippen LogP contribution < -0.4 is 5.32 Å². The number of rotatable bonds is 3. The third kappa shape index (κ3) is 4.22. The second kappa shape index (κ2) is 7.99. The van der Waals surface area contributed by atoms with Gasteiger partial charge in [0.15, 0.2) is 0 Å². The van der Waals surface area contributed by atoms with Crippen molar-refractivity contribution in [3.63, 3.8) is 0 Å². The lowest BCUT2D eigenvalue weighted by Gasteiger charge is -2.34. The lowest BCUT2D eigenvalue weighted by Crippen LogP contribution is -2.51. The fourth-order valence-electron chi connectivity index (χ4n) is 2.85. The molecule has 1 fully saturated rings. The summed E-state index contributed by atoms with van der Waals surface area (Å²) in [6.45, 7) is 0.999. The average molecular weight is 390 g/mol. The highest BCUT2D eigenvalue weighted by Crippen LogP contribution is 2.21. The first kappa shape index (κ1) is 19.2. The van der Waals surface area contributed by atoms with Gasteiger partial charge in [-0.2, -0.15) is 4.39 Å². The summed E-state index contributed by atoms with van der Waals surface area (Å²) in [5.74, 6) is -1.87. The first-order valence-electron chi connectivity index (χ1n) is 8.40. The molecule has 2 aromatic carbocycles.